The van der Waals surface area contributed by atoms with E-state index in [1.807, 2.05) is 0 Å². The second-order valence-corrected chi connectivity index (χ2v) is 6.24. The van der Waals surface area contributed by atoms with Crippen LogP contribution in [0.1, 0.15) is 33.6 Å². The molecular formula is C13H25N3O2. The Morgan fingerprint density at radius 1 is 1.39 bits per heavy atom. The lowest BCUT2D eigenvalue weighted by Gasteiger charge is -2.41. The number of morpholine rings is 1. The van der Waals surface area contributed by atoms with Crippen LogP contribution in [0.2, 0.25) is 0 Å². The van der Waals surface area contributed by atoms with Gasteiger partial charge < -0.3 is 15.4 Å². The van der Waals surface area contributed by atoms with Gasteiger partial charge in [0.15, 0.2) is 0 Å². The van der Waals surface area contributed by atoms with Crippen molar-refractivity contribution in [3.63, 3.8) is 0 Å². The van der Waals surface area contributed by atoms with Crippen LogP contribution in [0.25, 0.3) is 0 Å². The van der Waals surface area contributed by atoms with Gasteiger partial charge in [-0.05, 0) is 33.6 Å². The Kier molecular flexibility index (Phi) is 4.12. The van der Waals surface area contributed by atoms with Crippen molar-refractivity contribution in [1.82, 2.24) is 15.5 Å². The fourth-order valence-electron chi connectivity index (χ4n) is 2.12. The van der Waals surface area contributed by atoms with Crippen LogP contribution in [0.3, 0.4) is 0 Å². The Labute approximate surface area is 109 Å². The Hall–Kier alpha value is -0.810. The van der Waals surface area contributed by atoms with Gasteiger partial charge >= 0.3 is 6.03 Å². The summed E-state index contributed by atoms with van der Waals surface area (Å²) in [6, 6.07) is 0.345. The molecule has 0 aromatic heterocycles. The van der Waals surface area contributed by atoms with Crippen molar-refractivity contribution in [3.8, 4) is 0 Å². The minimum atomic E-state index is -0.0611. The summed E-state index contributed by atoms with van der Waals surface area (Å²) >= 11 is 0. The lowest BCUT2D eigenvalue weighted by atomic mass is 10.0. The number of urea groups is 1. The SMILES string of the molecule is CC(C)(C)N1CCOC(CNC(=O)NC2CC2)C1. The predicted molar refractivity (Wildman–Crippen MR) is 70.6 cm³/mol. The maximum Gasteiger partial charge on any atom is 0.315 e. The second kappa shape index (κ2) is 5.45. The van der Waals surface area contributed by atoms with Crippen molar-refractivity contribution in [1.29, 1.82) is 0 Å². The molecule has 18 heavy (non-hydrogen) atoms. The van der Waals surface area contributed by atoms with Crippen molar-refractivity contribution in [2.75, 3.05) is 26.2 Å². The third kappa shape index (κ3) is 4.14. The number of ether oxygens (including phenoxy) is 1. The molecule has 1 atom stereocenters. The molecule has 0 radical (unpaired) electrons. The van der Waals surface area contributed by atoms with Gasteiger partial charge in [0.2, 0.25) is 0 Å². The molecule has 2 N–H and O–H groups in total. The van der Waals surface area contributed by atoms with E-state index in [2.05, 4.69) is 36.3 Å². The van der Waals surface area contributed by atoms with Gasteiger partial charge in [-0.3, -0.25) is 4.90 Å². The molecule has 5 nitrogen and oxygen atoms in total. The Balaban J connectivity index is 1.70. The molecular weight excluding hydrogens is 230 g/mol. The number of rotatable bonds is 3. The quantitative estimate of drug-likeness (QED) is 0.789. The number of amides is 2. The van der Waals surface area contributed by atoms with Crippen LogP contribution < -0.4 is 10.6 Å². The summed E-state index contributed by atoms with van der Waals surface area (Å²) in [5.74, 6) is 0. The summed E-state index contributed by atoms with van der Waals surface area (Å²) < 4.78 is 5.69. The highest BCUT2D eigenvalue weighted by molar-refractivity contribution is 5.74. The molecule has 2 rings (SSSR count). The third-order valence-corrected chi connectivity index (χ3v) is 3.49. The molecule has 0 bridgehead atoms. The van der Waals surface area contributed by atoms with Gasteiger partial charge in [0.25, 0.3) is 0 Å². The smallest absolute Gasteiger partial charge is 0.315 e. The van der Waals surface area contributed by atoms with Gasteiger partial charge in [-0.1, -0.05) is 0 Å². The molecule has 1 aliphatic heterocycles. The Bertz CT molecular complexity index is 297. The number of hydrogen-bond acceptors (Lipinski definition) is 3. The molecule has 2 amide bonds. The molecule has 1 saturated heterocycles. The molecule has 5 heteroatoms. The van der Waals surface area contributed by atoms with Crippen molar-refractivity contribution in [2.45, 2.75) is 51.3 Å². The highest BCUT2D eigenvalue weighted by Crippen LogP contribution is 2.18. The maximum atomic E-state index is 11.5. The first-order chi connectivity index (χ1) is 8.45. The topological polar surface area (TPSA) is 53.6 Å². The summed E-state index contributed by atoms with van der Waals surface area (Å²) in [5, 5.41) is 5.81. The van der Waals surface area contributed by atoms with Crippen molar-refractivity contribution in [2.24, 2.45) is 0 Å². The van der Waals surface area contributed by atoms with E-state index in [1.54, 1.807) is 0 Å². The lowest BCUT2D eigenvalue weighted by molar-refractivity contribution is -0.0554. The Morgan fingerprint density at radius 3 is 2.72 bits per heavy atom. The minimum absolute atomic E-state index is 0.0611. The fourth-order valence-corrected chi connectivity index (χ4v) is 2.12. The van der Waals surface area contributed by atoms with Crippen LogP contribution in [0, 0.1) is 0 Å². The average molecular weight is 255 g/mol. The van der Waals surface area contributed by atoms with E-state index in [0.29, 0.717) is 12.6 Å². The van der Waals surface area contributed by atoms with Gasteiger partial charge in [-0.25, -0.2) is 4.79 Å². The monoisotopic (exact) mass is 255 g/mol. The zero-order valence-corrected chi connectivity index (χ0v) is 11.7. The van der Waals surface area contributed by atoms with Crippen molar-refractivity contribution in [3.05, 3.63) is 0 Å². The predicted octanol–water partition coefficient (Wildman–Crippen LogP) is 0.947. The van der Waals surface area contributed by atoms with Gasteiger partial charge in [0.1, 0.15) is 0 Å². The highest BCUT2D eigenvalue weighted by atomic mass is 16.5. The minimum Gasteiger partial charge on any atom is -0.374 e. The zero-order valence-electron chi connectivity index (χ0n) is 11.7. The number of nitrogens with zero attached hydrogens (tertiary/aromatic N) is 1. The van der Waals surface area contributed by atoms with Crippen molar-refractivity contribution < 1.29 is 9.53 Å². The van der Waals surface area contributed by atoms with E-state index in [9.17, 15) is 4.79 Å². The summed E-state index contributed by atoms with van der Waals surface area (Å²) in [4.78, 5) is 13.9. The zero-order chi connectivity index (χ0) is 13.2. The van der Waals surface area contributed by atoms with Crippen LogP contribution in [-0.4, -0.2) is 54.9 Å². The molecule has 2 fully saturated rings. The summed E-state index contributed by atoms with van der Waals surface area (Å²) in [5.41, 5.74) is 0.165. The first-order valence-electron chi connectivity index (χ1n) is 6.86. The molecule has 1 heterocycles. The normalized spacial score (nSPS) is 25.8. The van der Waals surface area contributed by atoms with E-state index >= 15 is 0 Å². The van der Waals surface area contributed by atoms with Crippen LogP contribution in [-0.2, 0) is 4.74 Å². The molecule has 0 aromatic rings. The fraction of sp³-hybridized carbons (Fsp3) is 0.923. The first kappa shape index (κ1) is 13.6. The maximum absolute atomic E-state index is 11.5. The average Bonchev–Trinajstić information content (AvgIpc) is 3.10. The van der Waals surface area contributed by atoms with Crippen LogP contribution >= 0.6 is 0 Å². The molecule has 1 aliphatic carbocycles. The molecule has 0 spiro atoms. The number of nitrogens with one attached hydrogen (secondary N) is 2. The van der Waals surface area contributed by atoms with E-state index < -0.39 is 0 Å². The van der Waals surface area contributed by atoms with E-state index in [1.165, 1.54) is 0 Å². The van der Waals surface area contributed by atoms with Crippen LogP contribution in [0.5, 0.6) is 0 Å². The summed E-state index contributed by atoms with van der Waals surface area (Å²) in [6.07, 6.45) is 2.33. The molecule has 1 saturated carbocycles. The van der Waals surface area contributed by atoms with E-state index in [4.69, 9.17) is 4.74 Å². The van der Waals surface area contributed by atoms with Gasteiger partial charge in [-0.2, -0.15) is 0 Å². The Morgan fingerprint density at radius 2 is 2.11 bits per heavy atom. The van der Waals surface area contributed by atoms with Crippen LogP contribution in [0.4, 0.5) is 4.79 Å². The first-order valence-corrected chi connectivity index (χ1v) is 6.86. The van der Waals surface area contributed by atoms with E-state index in [-0.39, 0.29) is 17.7 Å². The standard InChI is InChI=1S/C13H25N3O2/c1-13(2,3)16-6-7-18-11(9-16)8-14-12(17)15-10-4-5-10/h10-11H,4-9H2,1-3H3,(H2,14,15,17). The number of hydrogen-bond donors (Lipinski definition) is 2. The van der Waals surface area contributed by atoms with E-state index in [0.717, 1.165) is 32.5 Å². The number of carbonyl (C=O) groups is 1. The molecule has 0 aromatic carbocycles. The van der Waals surface area contributed by atoms with Gasteiger partial charge in [-0.15, -0.1) is 0 Å². The summed E-state index contributed by atoms with van der Waals surface area (Å²) in [7, 11) is 0. The third-order valence-electron chi connectivity index (χ3n) is 3.49. The summed E-state index contributed by atoms with van der Waals surface area (Å²) in [6.45, 7) is 9.81. The molecule has 104 valence electrons. The van der Waals surface area contributed by atoms with Crippen LogP contribution in [0.15, 0.2) is 0 Å². The second-order valence-electron chi connectivity index (χ2n) is 6.24. The van der Waals surface area contributed by atoms with Gasteiger partial charge in [0.05, 0.1) is 12.7 Å². The molecule has 2 aliphatic rings. The molecule has 1 unspecified atom stereocenters. The number of carbonyl (C=O) groups excluding carboxylic acids is 1. The van der Waals surface area contributed by atoms with Crippen molar-refractivity contribution >= 4 is 6.03 Å². The van der Waals surface area contributed by atoms with Gasteiger partial charge in [0, 0.05) is 31.2 Å². The largest absolute Gasteiger partial charge is 0.374 e. The highest BCUT2D eigenvalue weighted by Gasteiger charge is 2.29. The lowest BCUT2D eigenvalue weighted by Crippen LogP contribution is -2.54.